The third kappa shape index (κ3) is 2.60. The van der Waals surface area contributed by atoms with E-state index in [-0.39, 0.29) is 5.91 Å². The van der Waals surface area contributed by atoms with Crippen molar-refractivity contribution in [3.05, 3.63) is 24.0 Å². The third-order valence-corrected chi connectivity index (χ3v) is 4.98. The number of hydrogen-bond acceptors (Lipinski definition) is 3. The summed E-state index contributed by atoms with van der Waals surface area (Å²) in [7, 11) is 1.69. The topological polar surface area (TPSA) is 46.5 Å². The minimum absolute atomic E-state index is 0.178. The lowest BCUT2D eigenvalue weighted by molar-refractivity contribution is 0.0698. The molecule has 2 fully saturated rings. The van der Waals surface area contributed by atoms with Crippen LogP contribution in [0, 0.1) is 11.8 Å². The van der Waals surface area contributed by atoms with Crippen LogP contribution in [0.4, 0.5) is 0 Å². The van der Waals surface area contributed by atoms with Crippen LogP contribution in [0.3, 0.4) is 0 Å². The molecule has 0 radical (unpaired) electrons. The van der Waals surface area contributed by atoms with Crippen molar-refractivity contribution in [2.24, 2.45) is 11.8 Å². The summed E-state index contributed by atoms with van der Waals surface area (Å²) in [6.07, 6.45) is 3.00. The van der Waals surface area contributed by atoms with Gasteiger partial charge in [0.15, 0.2) is 0 Å². The Morgan fingerprint density at radius 2 is 2.33 bits per heavy atom. The smallest absolute Gasteiger partial charge is 0.270 e. The van der Waals surface area contributed by atoms with Crippen LogP contribution in [-0.4, -0.2) is 54.8 Å². The molecule has 3 unspecified atom stereocenters. The van der Waals surface area contributed by atoms with Gasteiger partial charge in [0.05, 0.1) is 6.61 Å². The molecule has 0 spiro atoms. The van der Waals surface area contributed by atoms with E-state index >= 15 is 0 Å². The van der Waals surface area contributed by atoms with Crippen LogP contribution >= 0.6 is 0 Å². The fraction of sp³-hybridized carbons (Fsp3) is 0.688. The van der Waals surface area contributed by atoms with Crippen LogP contribution in [0.25, 0.3) is 0 Å². The molecule has 0 saturated carbocycles. The van der Waals surface area contributed by atoms with Crippen molar-refractivity contribution in [3.63, 3.8) is 0 Å². The van der Waals surface area contributed by atoms with E-state index in [4.69, 9.17) is 4.74 Å². The number of fused-ring (bicyclic) bond motifs is 1. The number of hydrogen-bond donors (Lipinski definition) is 1. The first kappa shape index (κ1) is 14.6. The highest BCUT2D eigenvalue weighted by Crippen LogP contribution is 2.35. The van der Waals surface area contributed by atoms with Gasteiger partial charge in [0.2, 0.25) is 0 Å². The number of carbonyl (C=O) groups excluding carboxylic acids is 1. The van der Waals surface area contributed by atoms with E-state index in [0.717, 1.165) is 38.3 Å². The highest BCUT2D eigenvalue weighted by Gasteiger charge is 2.45. The van der Waals surface area contributed by atoms with Crippen molar-refractivity contribution in [1.29, 1.82) is 0 Å². The highest BCUT2D eigenvalue weighted by atomic mass is 16.5. The number of nitrogens with one attached hydrogen (secondary N) is 1. The predicted octanol–water partition coefficient (Wildman–Crippen LogP) is 1.20. The quantitative estimate of drug-likeness (QED) is 0.887. The predicted molar refractivity (Wildman–Crippen MR) is 81.3 cm³/mol. The first-order valence-corrected chi connectivity index (χ1v) is 7.92. The Morgan fingerprint density at radius 1 is 1.48 bits per heavy atom. The van der Waals surface area contributed by atoms with Crippen LogP contribution in [0.15, 0.2) is 18.3 Å². The summed E-state index contributed by atoms with van der Waals surface area (Å²) >= 11 is 0. The minimum Gasteiger partial charge on any atom is -0.383 e. The van der Waals surface area contributed by atoms with Crippen LogP contribution in [0.1, 0.15) is 23.8 Å². The van der Waals surface area contributed by atoms with Gasteiger partial charge in [0.25, 0.3) is 5.91 Å². The van der Waals surface area contributed by atoms with E-state index in [1.807, 2.05) is 22.9 Å². The zero-order chi connectivity index (χ0) is 14.8. The molecule has 2 aliphatic rings. The number of rotatable bonds is 5. The Balaban J connectivity index is 1.77. The molecule has 1 N–H and O–H groups in total. The zero-order valence-electron chi connectivity index (χ0n) is 12.9. The number of carbonyl (C=O) groups is 1. The molecule has 21 heavy (non-hydrogen) atoms. The van der Waals surface area contributed by atoms with Crippen LogP contribution in [0.2, 0.25) is 0 Å². The molecule has 5 heteroatoms. The second-order valence-electron chi connectivity index (χ2n) is 6.09. The van der Waals surface area contributed by atoms with Gasteiger partial charge in [-0.15, -0.1) is 0 Å². The zero-order valence-corrected chi connectivity index (χ0v) is 12.9. The van der Waals surface area contributed by atoms with Crippen molar-refractivity contribution in [3.8, 4) is 0 Å². The van der Waals surface area contributed by atoms with Gasteiger partial charge < -0.3 is 19.5 Å². The maximum Gasteiger partial charge on any atom is 0.270 e. The molecule has 0 aromatic carbocycles. The lowest BCUT2D eigenvalue weighted by Gasteiger charge is -2.27. The molecule has 5 nitrogen and oxygen atoms in total. The number of methoxy groups -OCH3 is 1. The van der Waals surface area contributed by atoms with Crippen molar-refractivity contribution >= 4 is 5.91 Å². The van der Waals surface area contributed by atoms with Gasteiger partial charge in [0.1, 0.15) is 5.69 Å². The first-order chi connectivity index (χ1) is 10.3. The summed E-state index contributed by atoms with van der Waals surface area (Å²) in [5.74, 6) is 1.43. The van der Waals surface area contributed by atoms with Gasteiger partial charge in [-0.2, -0.15) is 0 Å². The van der Waals surface area contributed by atoms with Gasteiger partial charge >= 0.3 is 0 Å². The SMILES string of the molecule is CCC1C2CNCC2CN1C(=O)c1cccn1CCOC. The summed E-state index contributed by atoms with van der Waals surface area (Å²) in [5.41, 5.74) is 0.790. The van der Waals surface area contributed by atoms with Gasteiger partial charge in [-0.25, -0.2) is 0 Å². The lowest BCUT2D eigenvalue weighted by Crippen LogP contribution is -2.40. The molecule has 1 amide bonds. The number of ether oxygens (including phenoxy) is 1. The second-order valence-corrected chi connectivity index (χ2v) is 6.09. The van der Waals surface area contributed by atoms with Crippen molar-refractivity contribution < 1.29 is 9.53 Å². The average Bonchev–Trinajstić information content (AvgIpc) is 3.18. The number of amides is 1. The molecule has 0 bridgehead atoms. The molecule has 3 atom stereocenters. The summed E-state index contributed by atoms with van der Waals surface area (Å²) in [5, 5.41) is 3.46. The molecule has 2 saturated heterocycles. The molecular formula is C16H25N3O2. The monoisotopic (exact) mass is 291 g/mol. The fourth-order valence-electron chi connectivity index (χ4n) is 3.92. The van der Waals surface area contributed by atoms with E-state index in [0.29, 0.717) is 24.5 Å². The first-order valence-electron chi connectivity index (χ1n) is 7.92. The number of aromatic nitrogens is 1. The maximum absolute atomic E-state index is 12.9. The van der Waals surface area contributed by atoms with E-state index in [1.54, 1.807) is 7.11 Å². The Hall–Kier alpha value is -1.33. The van der Waals surface area contributed by atoms with Gasteiger partial charge in [-0.3, -0.25) is 4.79 Å². The van der Waals surface area contributed by atoms with Crippen LogP contribution in [0.5, 0.6) is 0 Å². The molecule has 2 aliphatic heterocycles. The molecule has 3 rings (SSSR count). The summed E-state index contributed by atoms with van der Waals surface area (Å²) in [6.45, 7) is 6.54. The Labute approximate surface area is 126 Å². The minimum atomic E-state index is 0.178. The Bertz CT molecular complexity index is 499. The van der Waals surface area contributed by atoms with E-state index in [9.17, 15) is 4.79 Å². The van der Waals surface area contributed by atoms with Gasteiger partial charge in [0, 0.05) is 45.5 Å². The van der Waals surface area contributed by atoms with Gasteiger partial charge in [-0.05, 0) is 30.4 Å². The normalized spacial score (nSPS) is 28.1. The largest absolute Gasteiger partial charge is 0.383 e. The molecular weight excluding hydrogens is 266 g/mol. The average molecular weight is 291 g/mol. The lowest BCUT2D eigenvalue weighted by atomic mass is 9.93. The van der Waals surface area contributed by atoms with E-state index in [2.05, 4.69) is 17.1 Å². The second kappa shape index (κ2) is 6.20. The molecule has 116 valence electrons. The number of likely N-dealkylation sites (tertiary alicyclic amines) is 1. The van der Waals surface area contributed by atoms with E-state index in [1.165, 1.54) is 0 Å². The Morgan fingerprint density at radius 3 is 3.10 bits per heavy atom. The highest BCUT2D eigenvalue weighted by molar-refractivity contribution is 5.93. The summed E-state index contributed by atoms with van der Waals surface area (Å²) in [6, 6.07) is 4.25. The Kier molecular flexibility index (Phi) is 4.31. The molecule has 1 aromatic rings. The van der Waals surface area contributed by atoms with Gasteiger partial charge in [-0.1, -0.05) is 6.92 Å². The summed E-state index contributed by atoms with van der Waals surface area (Å²) < 4.78 is 7.13. The molecule has 1 aromatic heterocycles. The molecule has 0 aliphatic carbocycles. The standard InChI is InChI=1S/C16H25N3O2/c1-3-14-13-10-17-9-12(13)11-19(14)16(20)15-5-4-6-18(15)7-8-21-2/h4-6,12-14,17H,3,7-11H2,1-2H3. The van der Waals surface area contributed by atoms with Crippen molar-refractivity contribution in [1.82, 2.24) is 14.8 Å². The van der Waals surface area contributed by atoms with Crippen LogP contribution < -0.4 is 5.32 Å². The van der Waals surface area contributed by atoms with E-state index < -0.39 is 0 Å². The van der Waals surface area contributed by atoms with Crippen molar-refractivity contribution in [2.75, 3.05) is 33.4 Å². The van der Waals surface area contributed by atoms with Crippen molar-refractivity contribution in [2.45, 2.75) is 25.9 Å². The van der Waals surface area contributed by atoms with Crippen LogP contribution in [-0.2, 0) is 11.3 Å². The third-order valence-electron chi connectivity index (χ3n) is 4.98. The summed E-state index contributed by atoms with van der Waals surface area (Å²) in [4.78, 5) is 15.0. The number of nitrogens with zero attached hydrogens (tertiary/aromatic N) is 2. The molecule has 3 heterocycles. The fourth-order valence-corrected chi connectivity index (χ4v) is 3.92. The maximum atomic E-state index is 12.9.